The zero-order valence-electron chi connectivity index (χ0n) is 18.9. The Labute approximate surface area is 182 Å². The van der Waals surface area contributed by atoms with E-state index in [1.54, 1.807) is 0 Å². The molecule has 0 saturated heterocycles. The summed E-state index contributed by atoms with van der Waals surface area (Å²) in [5.41, 5.74) is 0. The van der Waals surface area contributed by atoms with Crippen molar-refractivity contribution < 1.29 is 24.5 Å². The van der Waals surface area contributed by atoms with Gasteiger partial charge in [-0.2, -0.15) is 0 Å². The number of carboxylic acids is 1. The lowest BCUT2D eigenvalue weighted by atomic mass is 9.87. The molecule has 0 radical (unpaired) electrons. The lowest BCUT2D eigenvalue weighted by Crippen LogP contribution is -2.28. The summed E-state index contributed by atoms with van der Waals surface area (Å²) < 4.78 is 5.55. The normalized spacial score (nSPS) is 21.3. The zero-order valence-corrected chi connectivity index (χ0v) is 18.9. The van der Waals surface area contributed by atoms with Gasteiger partial charge in [0.1, 0.15) is 6.10 Å². The lowest BCUT2D eigenvalue weighted by molar-refractivity contribution is -0.150. The van der Waals surface area contributed by atoms with Crippen LogP contribution in [0.1, 0.15) is 97.3 Å². The summed E-state index contributed by atoms with van der Waals surface area (Å²) in [5, 5.41) is 19.0. The van der Waals surface area contributed by atoms with E-state index in [2.05, 4.69) is 13.0 Å². The minimum atomic E-state index is -0.816. The van der Waals surface area contributed by atoms with Crippen LogP contribution in [0.2, 0.25) is 0 Å². The van der Waals surface area contributed by atoms with Gasteiger partial charge in [-0.3, -0.25) is 9.59 Å². The number of rotatable bonds is 16. The van der Waals surface area contributed by atoms with Gasteiger partial charge in [-0.15, -0.1) is 0 Å². The molecule has 2 N–H and O–H groups in total. The molecule has 0 bridgehead atoms. The first kappa shape index (κ1) is 26.4. The number of carbonyl (C=O) groups excluding carboxylic acids is 1. The number of aliphatic carboxylic acids is 1. The highest BCUT2D eigenvalue weighted by Crippen LogP contribution is 2.38. The Morgan fingerprint density at radius 1 is 1.03 bits per heavy atom. The molecule has 0 heterocycles. The van der Waals surface area contributed by atoms with Crippen LogP contribution in [0.25, 0.3) is 0 Å². The first-order valence-electron chi connectivity index (χ1n) is 11.9. The molecule has 5 heteroatoms. The molecule has 0 spiro atoms. The monoisotopic (exact) mass is 422 g/mol. The Balaban J connectivity index is 2.44. The smallest absolute Gasteiger partial charge is 0.303 e. The van der Waals surface area contributed by atoms with Gasteiger partial charge in [-0.1, -0.05) is 76.2 Å². The van der Waals surface area contributed by atoms with Gasteiger partial charge in [0, 0.05) is 19.3 Å². The fourth-order valence-electron chi connectivity index (χ4n) is 4.38. The third-order valence-electron chi connectivity index (χ3n) is 5.96. The average molecular weight is 423 g/mol. The van der Waals surface area contributed by atoms with Gasteiger partial charge in [0.05, 0.1) is 6.10 Å². The summed E-state index contributed by atoms with van der Waals surface area (Å²) in [6.07, 6.45) is 19.8. The second-order valence-electron chi connectivity index (χ2n) is 8.59. The Bertz CT molecular complexity index is 540. The molecule has 1 fully saturated rings. The van der Waals surface area contributed by atoms with Crippen molar-refractivity contribution in [2.75, 3.05) is 0 Å². The molecule has 4 atom stereocenters. The number of hydrogen-bond donors (Lipinski definition) is 2. The van der Waals surface area contributed by atoms with E-state index in [4.69, 9.17) is 9.84 Å². The second-order valence-corrected chi connectivity index (χ2v) is 8.59. The molecule has 0 amide bonds. The van der Waals surface area contributed by atoms with Crippen LogP contribution in [0.5, 0.6) is 0 Å². The Morgan fingerprint density at radius 3 is 2.47 bits per heavy atom. The molecular weight excluding hydrogens is 380 g/mol. The van der Waals surface area contributed by atoms with Gasteiger partial charge in [0.2, 0.25) is 0 Å². The van der Waals surface area contributed by atoms with Gasteiger partial charge >= 0.3 is 11.9 Å². The molecule has 0 aromatic rings. The molecule has 3 unspecified atom stereocenters. The van der Waals surface area contributed by atoms with E-state index < -0.39 is 12.1 Å². The van der Waals surface area contributed by atoms with E-state index in [-0.39, 0.29) is 24.4 Å². The number of hydrogen-bond acceptors (Lipinski definition) is 4. The first-order chi connectivity index (χ1) is 14.4. The highest BCUT2D eigenvalue weighted by Gasteiger charge is 2.33. The molecule has 0 aromatic carbocycles. The summed E-state index contributed by atoms with van der Waals surface area (Å²) >= 11 is 0. The Hall–Kier alpha value is -1.62. The summed E-state index contributed by atoms with van der Waals surface area (Å²) in [7, 11) is 0. The number of aliphatic hydroxyl groups excluding tert-OH is 1. The van der Waals surface area contributed by atoms with Crippen molar-refractivity contribution in [1.82, 2.24) is 0 Å². The molecule has 172 valence electrons. The van der Waals surface area contributed by atoms with Crippen LogP contribution < -0.4 is 0 Å². The third-order valence-corrected chi connectivity index (χ3v) is 5.96. The van der Waals surface area contributed by atoms with Gasteiger partial charge in [0.25, 0.3) is 0 Å². The first-order valence-corrected chi connectivity index (χ1v) is 11.9. The molecular formula is C25H42O5. The predicted octanol–water partition coefficient (Wildman–Crippen LogP) is 5.81. The van der Waals surface area contributed by atoms with Crippen molar-refractivity contribution in [2.24, 2.45) is 11.8 Å². The van der Waals surface area contributed by atoms with E-state index in [0.717, 1.165) is 32.1 Å². The summed E-state index contributed by atoms with van der Waals surface area (Å²) in [6.45, 7) is 3.63. The maximum Gasteiger partial charge on any atom is 0.303 e. The average Bonchev–Trinajstić information content (AvgIpc) is 3.15. The number of unbranched alkanes of at least 4 members (excludes halogenated alkanes) is 5. The molecule has 1 saturated carbocycles. The Morgan fingerprint density at radius 2 is 1.77 bits per heavy atom. The van der Waals surface area contributed by atoms with E-state index in [0.29, 0.717) is 18.8 Å². The molecule has 1 rings (SSSR count). The predicted molar refractivity (Wildman–Crippen MR) is 120 cm³/mol. The van der Waals surface area contributed by atoms with Gasteiger partial charge in [-0.25, -0.2) is 0 Å². The van der Waals surface area contributed by atoms with Gasteiger partial charge < -0.3 is 14.9 Å². The van der Waals surface area contributed by atoms with Crippen molar-refractivity contribution in [3.8, 4) is 0 Å². The van der Waals surface area contributed by atoms with E-state index in [1.165, 1.54) is 39.0 Å². The summed E-state index contributed by atoms with van der Waals surface area (Å²) in [4.78, 5) is 22.3. The highest BCUT2D eigenvalue weighted by atomic mass is 16.5. The fourth-order valence-corrected chi connectivity index (χ4v) is 4.38. The molecule has 1 aliphatic rings. The van der Waals surface area contributed by atoms with Crippen LogP contribution in [0.4, 0.5) is 0 Å². The fraction of sp³-hybridized carbons (Fsp3) is 0.760. The van der Waals surface area contributed by atoms with E-state index in [1.807, 2.05) is 18.2 Å². The van der Waals surface area contributed by atoms with Crippen LogP contribution in [0.3, 0.4) is 0 Å². The van der Waals surface area contributed by atoms with E-state index in [9.17, 15) is 14.7 Å². The second kappa shape index (κ2) is 16.1. The van der Waals surface area contributed by atoms with Crippen molar-refractivity contribution >= 4 is 11.9 Å². The van der Waals surface area contributed by atoms with Crippen LogP contribution in [0, 0.1) is 11.8 Å². The van der Waals surface area contributed by atoms with E-state index >= 15 is 0 Å². The zero-order chi connectivity index (χ0) is 22.2. The molecule has 5 nitrogen and oxygen atoms in total. The quantitative estimate of drug-likeness (QED) is 0.186. The topological polar surface area (TPSA) is 83.8 Å². The number of esters is 1. The summed E-state index contributed by atoms with van der Waals surface area (Å²) in [5.74, 6) is -0.563. The number of allylic oxidation sites excluding steroid dienone is 3. The van der Waals surface area contributed by atoms with Crippen molar-refractivity contribution in [3.63, 3.8) is 0 Å². The number of carbonyl (C=O) groups is 2. The number of aliphatic hydroxyl groups is 1. The largest absolute Gasteiger partial charge is 0.481 e. The highest BCUT2D eigenvalue weighted by molar-refractivity contribution is 5.67. The molecule has 0 aromatic heterocycles. The lowest BCUT2D eigenvalue weighted by Gasteiger charge is -2.26. The molecule has 30 heavy (non-hydrogen) atoms. The number of carboxylic acid groups (broad SMARTS) is 1. The third kappa shape index (κ3) is 12.2. The number of ether oxygens (including phenoxy) is 1. The van der Waals surface area contributed by atoms with Crippen LogP contribution in [0.15, 0.2) is 24.3 Å². The molecule has 0 aliphatic heterocycles. The molecule has 1 aliphatic carbocycles. The minimum absolute atomic E-state index is 0.101. The summed E-state index contributed by atoms with van der Waals surface area (Å²) in [6, 6.07) is 0. The van der Waals surface area contributed by atoms with Crippen LogP contribution in [-0.4, -0.2) is 34.4 Å². The maximum absolute atomic E-state index is 11.5. The standard InChI is InChI=1S/C25H42O5/c1-3-4-5-6-7-8-15-22(27)16-10-9-13-21-14-11-17-23(21)24(30-20(2)26)18-12-19-25(28)29/h9-10,13,16,21-24,27H,3-8,11-12,14-15,17-19H2,1-2H3,(H,28,29)/t21?,22?,23-,24?/m0/s1. The van der Waals surface area contributed by atoms with Crippen LogP contribution in [-0.2, 0) is 14.3 Å². The van der Waals surface area contributed by atoms with Crippen molar-refractivity contribution in [1.29, 1.82) is 0 Å². The van der Waals surface area contributed by atoms with Crippen molar-refractivity contribution in [3.05, 3.63) is 24.3 Å². The maximum atomic E-state index is 11.5. The SMILES string of the molecule is CCCCCCCCC(O)C=CC=CC1CCC[C@@H]1C(CCCC(=O)O)OC(C)=O. The minimum Gasteiger partial charge on any atom is -0.481 e. The van der Waals surface area contributed by atoms with Gasteiger partial charge in [0.15, 0.2) is 0 Å². The van der Waals surface area contributed by atoms with Crippen LogP contribution >= 0.6 is 0 Å². The van der Waals surface area contributed by atoms with Crippen molar-refractivity contribution in [2.45, 2.75) is 110 Å². The Kier molecular flexibility index (Phi) is 14.2. The van der Waals surface area contributed by atoms with Gasteiger partial charge in [-0.05, 0) is 38.0 Å².